The second-order valence-corrected chi connectivity index (χ2v) is 9.94. The van der Waals surface area contributed by atoms with Crippen LogP contribution in [0.2, 0.25) is 0 Å². The van der Waals surface area contributed by atoms with Crippen LogP contribution in [0, 0.1) is 17.8 Å². The molecule has 4 nitrogen and oxygen atoms in total. The van der Waals surface area contributed by atoms with E-state index in [1.165, 1.54) is 12.1 Å². The summed E-state index contributed by atoms with van der Waals surface area (Å²) in [5, 5.41) is 1.97. The van der Waals surface area contributed by atoms with Crippen molar-refractivity contribution >= 4 is 23.5 Å². The molecule has 0 spiro atoms. The Kier molecular flexibility index (Phi) is 5.46. The van der Waals surface area contributed by atoms with Gasteiger partial charge in [0.1, 0.15) is 5.60 Å². The van der Waals surface area contributed by atoms with E-state index < -0.39 is 52.6 Å². The van der Waals surface area contributed by atoms with E-state index in [4.69, 9.17) is 16.3 Å². The van der Waals surface area contributed by atoms with Gasteiger partial charge >= 0.3 is 24.2 Å². The topological polar surface area (TPSA) is 55.4 Å². The Morgan fingerprint density at radius 3 is 2.25 bits per heavy atom. The molecule has 11 heteroatoms. The van der Waals surface area contributed by atoms with E-state index in [0.29, 0.717) is 19.3 Å². The minimum absolute atomic E-state index is 0.0513. The molecule has 1 aromatic carbocycles. The van der Waals surface area contributed by atoms with Crippen LogP contribution in [0.1, 0.15) is 43.7 Å². The second-order valence-electron chi connectivity index (χ2n) is 9.14. The van der Waals surface area contributed by atoms with Gasteiger partial charge in [-0.25, -0.2) is 4.79 Å². The molecule has 6 atom stereocenters. The lowest BCUT2D eigenvalue weighted by atomic mass is 9.47. The minimum atomic E-state index is -5.27. The molecule has 4 bridgehead atoms. The van der Waals surface area contributed by atoms with Crippen molar-refractivity contribution in [2.45, 2.75) is 61.0 Å². The van der Waals surface area contributed by atoms with Crippen molar-refractivity contribution in [1.82, 2.24) is 5.32 Å². The van der Waals surface area contributed by atoms with Gasteiger partial charge in [-0.1, -0.05) is 30.3 Å². The lowest BCUT2D eigenvalue weighted by Gasteiger charge is -2.64. The molecule has 0 saturated heterocycles. The van der Waals surface area contributed by atoms with Crippen LogP contribution in [0.3, 0.4) is 0 Å². The zero-order chi connectivity index (χ0) is 23.5. The van der Waals surface area contributed by atoms with E-state index in [9.17, 15) is 35.9 Å². The average Bonchev–Trinajstić information content (AvgIpc) is 2.64. The van der Waals surface area contributed by atoms with Crippen LogP contribution in [-0.4, -0.2) is 34.7 Å². The van der Waals surface area contributed by atoms with Crippen LogP contribution in [0.4, 0.5) is 26.3 Å². The van der Waals surface area contributed by atoms with Gasteiger partial charge in [0.25, 0.3) is 0 Å². The summed E-state index contributed by atoms with van der Waals surface area (Å²) in [6.45, 7) is 0. The van der Waals surface area contributed by atoms with E-state index in [1.807, 2.05) is 5.32 Å². The molecule has 4 saturated carbocycles. The maximum atomic E-state index is 13.1. The second kappa shape index (κ2) is 7.53. The number of esters is 1. The zero-order valence-electron chi connectivity index (χ0n) is 16.6. The van der Waals surface area contributed by atoms with Gasteiger partial charge in [-0.15, -0.1) is 11.6 Å². The lowest BCUT2D eigenvalue weighted by Crippen LogP contribution is -2.67. The molecular weight excluding hydrogens is 464 g/mol. The molecular formula is C21H20ClF6NO3. The molecule has 4 aliphatic rings. The Labute approximate surface area is 184 Å². The van der Waals surface area contributed by atoms with Gasteiger partial charge in [-0.3, -0.25) is 4.79 Å². The maximum Gasteiger partial charge on any atom is 0.490 e. The average molecular weight is 484 g/mol. The number of ether oxygens (including phenoxy) is 1. The standard InChI is InChI=1S/C21H20ClF6NO3/c22-18-7-11-6-13(9-18)14(19(8-11,10-18)32-17(31)21(26,27)28)15(12-4-2-1-3-5-12)29-16(30)20(23,24)25/h1-5,11,13-15H,6-10H2,(H,29,30)/t11?,13?,14?,15-,18?,19?/m0/s1. The summed E-state index contributed by atoms with van der Waals surface area (Å²) in [6, 6.07) is 6.39. The molecule has 4 aliphatic carbocycles. The van der Waals surface area contributed by atoms with Gasteiger partial charge in [0.05, 0.1) is 6.04 Å². The third kappa shape index (κ3) is 4.18. The van der Waals surface area contributed by atoms with Crippen LogP contribution in [0.25, 0.3) is 0 Å². The molecule has 5 rings (SSSR count). The molecule has 176 valence electrons. The molecule has 5 unspecified atom stereocenters. The molecule has 1 N–H and O–H groups in total. The number of hydrogen-bond donors (Lipinski definition) is 1. The molecule has 0 aromatic heterocycles. The van der Waals surface area contributed by atoms with Crippen LogP contribution in [-0.2, 0) is 14.3 Å². The highest BCUT2D eigenvalue weighted by atomic mass is 35.5. The van der Waals surface area contributed by atoms with Gasteiger partial charge in [0, 0.05) is 17.2 Å². The Morgan fingerprint density at radius 2 is 1.69 bits per heavy atom. The Morgan fingerprint density at radius 1 is 1.03 bits per heavy atom. The molecule has 4 fully saturated rings. The normalized spacial score (nSPS) is 34.8. The molecule has 1 aromatic rings. The maximum absolute atomic E-state index is 13.1. The number of halogens is 7. The molecule has 0 aliphatic heterocycles. The summed E-state index contributed by atoms with van der Waals surface area (Å²) < 4.78 is 83.8. The molecule has 0 heterocycles. The molecule has 32 heavy (non-hydrogen) atoms. The van der Waals surface area contributed by atoms with Gasteiger partial charge < -0.3 is 10.1 Å². The first-order valence-corrected chi connectivity index (χ1v) is 10.5. The summed E-state index contributed by atoms with van der Waals surface area (Å²) in [4.78, 5) is 22.9. The number of carbonyl (C=O) groups excluding carboxylic acids is 2. The predicted octanol–water partition coefficient (Wildman–Crippen LogP) is 5.07. The van der Waals surface area contributed by atoms with Crippen molar-refractivity contribution < 1.29 is 40.7 Å². The first-order chi connectivity index (χ1) is 14.7. The Balaban J connectivity index is 1.79. The highest BCUT2D eigenvalue weighted by Crippen LogP contribution is 2.66. The fraction of sp³-hybridized carbons (Fsp3) is 0.619. The number of rotatable bonds is 4. The van der Waals surface area contributed by atoms with Crippen LogP contribution in [0.5, 0.6) is 0 Å². The molecule has 0 radical (unpaired) electrons. The zero-order valence-corrected chi connectivity index (χ0v) is 17.4. The van der Waals surface area contributed by atoms with Crippen molar-refractivity contribution in [1.29, 1.82) is 0 Å². The third-order valence-electron chi connectivity index (χ3n) is 6.87. The number of benzene rings is 1. The minimum Gasteiger partial charge on any atom is -0.452 e. The van der Waals surface area contributed by atoms with Crippen molar-refractivity contribution in [3.8, 4) is 0 Å². The van der Waals surface area contributed by atoms with Crippen LogP contribution >= 0.6 is 11.6 Å². The highest BCUT2D eigenvalue weighted by Gasteiger charge is 2.67. The fourth-order valence-electron chi connectivity index (χ4n) is 6.25. The largest absolute Gasteiger partial charge is 0.490 e. The monoisotopic (exact) mass is 483 g/mol. The summed E-state index contributed by atoms with van der Waals surface area (Å²) >= 11 is 6.67. The van der Waals surface area contributed by atoms with Gasteiger partial charge in [0.15, 0.2) is 0 Å². The van der Waals surface area contributed by atoms with E-state index in [0.717, 1.165) is 0 Å². The van der Waals surface area contributed by atoms with E-state index in [-0.39, 0.29) is 24.3 Å². The first-order valence-electron chi connectivity index (χ1n) is 10.1. The number of nitrogens with one attached hydrogen (secondary N) is 1. The van der Waals surface area contributed by atoms with Gasteiger partial charge in [-0.2, -0.15) is 26.3 Å². The van der Waals surface area contributed by atoms with Crippen molar-refractivity contribution in [2.75, 3.05) is 0 Å². The molecule has 1 amide bonds. The fourth-order valence-corrected chi connectivity index (χ4v) is 6.89. The van der Waals surface area contributed by atoms with Gasteiger partial charge in [0.2, 0.25) is 0 Å². The number of amides is 1. The third-order valence-corrected chi connectivity index (χ3v) is 7.32. The van der Waals surface area contributed by atoms with E-state index in [2.05, 4.69) is 0 Å². The summed E-state index contributed by atoms with van der Waals surface area (Å²) in [5.41, 5.74) is -1.45. The number of hydrogen-bond acceptors (Lipinski definition) is 3. The van der Waals surface area contributed by atoms with Crippen molar-refractivity contribution in [3.05, 3.63) is 35.9 Å². The SMILES string of the molecule is O=C(N[C@@H](c1ccccc1)C1C2CC3CC(Cl)(C2)CC1(OC(=O)C(F)(F)F)C3)C(F)(F)F. The van der Waals surface area contributed by atoms with Crippen LogP contribution in [0.15, 0.2) is 30.3 Å². The smallest absolute Gasteiger partial charge is 0.452 e. The van der Waals surface area contributed by atoms with Crippen molar-refractivity contribution in [2.24, 2.45) is 17.8 Å². The predicted molar refractivity (Wildman–Crippen MR) is 100 cm³/mol. The van der Waals surface area contributed by atoms with E-state index in [1.54, 1.807) is 18.2 Å². The Hall–Kier alpha value is -1.97. The highest BCUT2D eigenvalue weighted by molar-refractivity contribution is 6.24. The Bertz CT molecular complexity index is 907. The number of alkyl halides is 7. The van der Waals surface area contributed by atoms with Crippen molar-refractivity contribution in [3.63, 3.8) is 0 Å². The summed E-state index contributed by atoms with van der Waals surface area (Å²) in [6.07, 6.45) is -9.12. The first kappa shape index (κ1) is 23.2. The lowest BCUT2D eigenvalue weighted by molar-refractivity contribution is -0.245. The quantitative estimate of drug-likeness (QED) is 0.370. The summed E-state index contributed by atoms with van der Waals surface area (Å²) in [5.74, 6) is -6.15. The van der Waals surface area contributed by atoms with Crippen LogP contribution < -0.4 is 5.32 Å². The summed E-state index contributed by atoms with van der Waals surface area (Å²) in [7, 11) is 0. The van der Waals surface area contributed by atoms with E-state index >= 15 is 0 Å². The van der Waals surface area contributed by atoms with Gasteiger partial charge in [-0.05, 0) is 43.1 Å². The number of carbonyl (C=O) groups is 2.